The number of hydrogen-bond acceptors (Lipinski definition) is 4. The number of nitrogens with zero attached hydrogens (tertiary/aromatic N) is 1. The van der Waals surface area contributed by atoms with Gasteiger partial charge in [0.1, 0.15) is 5.82 Å². The van der Waals surface area contributed by atoms with Crippen LogP contribution in [-0.4, -0.2) is 35.9 Å². The minimum absolute atomic E-state index is 0.115. The van der Waals surface area contributed by atoms with Crippen LogP contribution < -0.4 is 0 Å². The molecule has 0 amide bonds. The lowest BCUT2D eigenvalue weighted by molar-refractivity contribution is -0.137. The minimum Gasteiger partial charge on any atom is -0.481 e. The summed E-state index contributed by atoms with van der Waals surface area (Å²) in [6.45, 7) is 0. The maximum absolute atomic E-state index is 14.5. The van der Waals surface area contributed by atoms with E-state index in [0.717, 1.165) is 23.1 Å². The summed E-state index contributed by atoms with van der Waals surface area (Å²) in [7, 11) is -3.89. The number of rotatable bonds is 5. The second-order valence-electron chi connectivity index (χ2n) is 8.83. The molecule has 1 unspecified atom stereocenters. The molecule has 0 saturated carbocycles. The lowest BCUT2D eigenvalue weighted by Crippen LogP contribution is -2.16. The number of carboxylic acids is 1. The van der Waals surface area contributed by atoms with Gasteiger partial charge in [-0.2, -0.15) is 0 Å². The van der Waals surface area contributed by atoms with Gasteiger partial charge in [-0.25, -0.2) is 12.8 Å². The van der Waals surface area contributed by atoms with Gasteiger partial charge in [-0.05, 0) is 53.6 Å². The fraction of sp³-hybridized carbons (Fsp3) is 0.231. The lowest BCUT2D eigenvalue weighted by Gasteiger charge is -2.23. The molecule has 1 N–H and O–H groups in total. The maximum Gasteiger partial charge on any atom is 0.303 e. The zero-order valence-corrected chi connectivity index (χ0v) is 19.2. The molecule has 0 spiro atoms. The minimum atomic E-state index is -3.89. The first-order valence-electron chi connectivity index (χ1n) is 11.0. The Bertz CT molecular complexity index is 1600. The molecule has 6 nitrogen and oxygen atoms in total. The van der Waals surface area contributed by atoms with E-state index in [1.807, 2.05) is 30.3 Å². The Balaban J connectivity index is 1.86. The number of carbonyl (C=O) groups excluding carboxylic acids is 1. The second-order valence-corrected chi connectivity index (χ2v) is 10.8. The van der Waals surface area contributed by atoms with E-state index in [1.165, 1.54) is 10.6 Å². The molecule has 4 aromatic rings. The van der Waals surface area contributed by atoms with Crippen molar-refractivity contribution in [3.63, 3.8) is 0 Å². The van der Waals surface area contributed by atoms with E-state index in [2.05, 4.69) is 0 Å². The van der Waals surface area contributed by atoms with Crippen molar-refractivity contribution < 1.29 is 27.5 Å². The summed E-state index contributed by atoms with van der Waals surface area (Å²) in [6, 6.07) is 13.7. The van der Waals surface area contributed by atoms with Crippen LogP contribution in [0, 0.1) is 5.82 Å². The van der Waals surface area contributed by atoms with Crippen molar-refractivity contribution in [1.82, 2.24) is 4.40 Å². The highest BCUT2D eigenvalue weighted by molar-refractivity contribution is 7.91. The summed E-state index contributed by atoms with van der Waals surface area (Å²) in [4.78, 5) is 25.3. The molecule has 0 bridgehead atoms. The summed E-state index contributed by atoms with van der Waals surface area (Å²) >= 11 is 0. The highest BCUT2D eigenvalue weighted by atomic mass is 32.2. The molecule has 0 fully saturated rings. The number of sulfone groups is 1. The van der Waals surface area contributed by atoms with Crippen molar-refractivity contribution in [2.24, 2.45) is 0 Å². The van der Waals surface area contributed by atoms with Crippen molar-refractivity contribution in [3.05, 3.63) is 82.9 Å². The fourth-order valence-electron chi connectivity index (χ4n) is 5.15. The number of pyridine rings is 1. The van der Waals surface area contributed by atoms with Gasteiger partial charge in [-0.1, -0.05) is 36.4 Å². The standard InChI is InChI=1S/C26H22FNO5S/c1-34(32,33)21-13-19(27)14-28-20-8-4-7-17(12-22(29)30)23(20)24(25(21)28)26(31)18-10-9-15-5-2-3-6-16(15)11-18/h2-3,5-6,9-11,13-14,17H,4,7-8,12H2,1H3,(H,29,30). The van der Waals surface area contributed by atoms with E-state index in [-0.39, 0.29) is 22.4 Å². The summed E-state index contributed by atoms with van der Waals surface area (Å²) in [5, 5.41) is 11.3. The molecule has 1 atom stereocenters. The van der Waals surface area contributed by atoms with Crippen LogP contribution >= 0.6 is 0 Å². The first kappa shape index (κ1) is 22.3. The average Bonchev–Trinajstić information content (AvgIpc) is 3.12. The predicted octanol–water partition coefficient (Wildman–Crippen LogP) is 4.76. The molecular formula is C26H22FNO5S. The van der Waals surface area contributed by atoms with Gasteiger partial charge in [-0.3, -0.25) is 9.59 Å². The molecule has 0 aliphatic heterocycles. The Morgan fingerprint density at radius 3 is 2.56 bits per heavy atom. The molecular weight excluding hydrogens is 457 g/mol. The topological polar surface area (TPSA) is 92.9 Å². The third-order valence-electron chi connectivity index (χ3n) is 6.54. The first-order valence-corrected chi connectivity index (χ1v) is 12.9. The molecule has 2 heterocycles. The molecule has 1 aliphatic rings. The number of aryl methyl sites for hydroxylation is 1. The number of fused-ring (bicyclic) bond motifs is 4. The largest absolute Gasteiger partial charge is 0.481 e. The van der Waals surface area contributed by atoms with Crippen molar-refractivity contribution in [2.75, 3.05) is 6.26 Å². The predicted molar refractivity (Wildman–Crippen MR) is 126 cm³/mol. The Hall–Kier alpha value is -3.52. The quantitative estimate of drug-likeness (QED) is 0.417. The smallest absolute Gasteiger partial charge is 0.303 e. The zero-order valence-electron chi connectivity index (χ0n) is 18.4. The van der Waals surface area contributed by atoms with Crippen molar-refractivity contribution in [1.29, 1.82) is 0 Å². The van der Waals surface area contributed by atoms with Crippen LogP contribution in [0.2, 0.25) is 0 Å². The maximum atomic E-state index is 14.5. The summed E-state index contributed by atoms with van der Waals surface area (Å²) in [5.41, 5.74) is 1.74. The number of benzene rings is 2. The van der Waals surface area contributed by atoms with Gasteiger partial charge in [0.05, 0.1) is 22.4 Å². The summed E-state index contributed by atoms with van der Waals surface area (Å²) < 4.78 is 41.3. The number of hydrogen-bond donors (Lipinski definition) is 1. The average molecular weight is 480 g/mol. The van der Waals surface area contributed by atoms with Crippen LogP contribution in [0.3, 0.4) is 0 Å². The van der Waals surface area contributed by atoms with Crippen LogP contribution in [0.4, 0.5) is 4.39 Å². The van der Waals surface area contributed by atoms with E-state index < -0.39 is 33.3 Å². The Morgan fingerprint density at radius 1 is 1.12 bits per heavy atom. The Morgan fingerprint density at radius 2 is 1.85 bits per heavy atom. The van der Waals surface area contributed by atoms with Crippen LogP contribution in [0.25, 0.3) is 16.3 Å². The van der Waals surface area contributed by atoms with E-state index in [1.54, 1.807) is 12.1 Å². The van der Waals surface area contributed by atoms with Crippen LogP contribution in [0.1, 0.15) is 52.4 Å². The summed E-state index contributed by atoms with van der Waals surface area (Å²) in [5.74, 6) is -2.63. The van der Waals surface area contributed by atoms with E-state index in [9.17, 15) is 27.5 Å². The highest BCUT2D eigenvalue weighted by Crippen LogP contribution is 2.42. The second kappa shape index (κ2) is 8.06. The van der Waals surface area contributed by atoms with Crippen LogP contribution in [-0.2, 0) is 21.1 Å². The fourth-order valence-corrected chi connectivity index (χ4v) is 6.03. The monoisotopic (exact) mass is 479 g/mol. The molecule has 2 aromatic heterocycles. The van der Waals surface area contributed by atoms with E-state index in [4.69, 9.17) is 0 Å². The Kier molecular flexibility index (Phi) is 5.28. The van der Waals surface area contributed by atoms with Gasteiger partial charge >= 0.3 is 5.97 Å². The van der Waals surface area contributed by atoms with Crippen LogP contribution in [0.15, 0.2) is 59.6 Å². The Labute approximate surface area is 195 Å². The van der Waals surface area contributed by atoms with E-state index in [0.29, 0.717) is 36.1 Å². The van der Waals surface area contributed by atoms with Crippen molar-refractivity contribution >= 4 is 37.9 Å². The third-order valence-corrected chi connectivity index (χ3v) is 7.65. The van der Waals surface area contributed by atoms with Gasteiger partial charge in [-0.15, -0.1) is 0 Å². The highest BCUT2D eigenvalue weighted by Gasteiger charge is 2.35. The SMILES string of the molecule is CS(=O)(=O)c1cc(F)cn2c3c(c(C(=O)c4ccc5ccccc5c4)c12)C(CC(=O)O)CCC3. The number of aromatic nitrogens is 1. The van der Waals surface area contributed by atoms with Gasteiger partial charge in [0.2, 0.25) is 0 Å². The first-order chi connectivity index (χ1) is 16.1. The number of carboxylic acid groups (broad SMARTS) is 1. The molecule has 174 valence electrons. The van der Waals surface area contributed by atoms with Gasteiger partial charge in [0.25, 0.3) is 0 Å². The summed E-state index contributed by atoms with van der Waals surface area (Å²) in [6.07, 6.45) is 3.66. The molecule has 5 rings (SSSR count). The number of ketones is 1. The normalized spacial score (nSPS) is 16.0. The van der Waals surface area contributed by atoms with Crippen molar-refractivity contribution in [2.45, 2.75) is 36.5 Å². The van der Waals surface area contributed by atoms with E-state index >= 15 is 0 Å². The number of aliphatic carboxylic acids is 1. The van der Waals surface area contributed by atoms with Gasteiger partial charge < -0.3 is 9.51 Å². The zero-order chi connectivity index (χ0) is 24.2. The molecule has 1 aliphatic carbocycles. The van der Waals surface area contributed by atoms with Crippen molar-refractivity contribution in [3.8, 4) is 0 Å². The lowest BCUT2D eigenvalue weighted by atomic mass is 9.81. The molecule has 2 aromatic carbocycles. The number of carbonyl (C=O) groups is 2. The molecule has 0 radical (unpaired) electrons. The molecule has 34 heavy (non-hydrogen) atoms. The number of halogens is 1. The molecule has 8 heteroatoms. The third kappa shape index (κ3) is 3.68. The van der Waals surface area contributed by atoms with Gasteiger partial charge in [0, 0.05) is 23.7 Å². The van der Waals surface area contributed by atoms with Gasteiger partial charge in [0.15, 0.2) is 15.6 Å². The molecule has 0 saturated heterocycles. The van der Waals surface area contributed by atoms with Crippen LogP contribution in [0.5, 0.6) is 0 Å².